The van der Waals surface area contributed by atoms with Crippen molar-refractivity contribution in [1.29, 1.82) is 0 Å². The summed E-state index contributed by atoms with van der Waals surface area (Å²) in [6.07, 6.45) is 0.00907. The molecular formula is C12H17NO2. The van der Waals surface area contributed by atoms with Gasteiger partial charge in [-0.25, -0.2) is 0 Å². The second kappa shape index (κ2) is 5.03. The smallest absolute Gasteiger partial charge is 0.111 e. The van der Waals surface area contributed by atoms with Crippen molar-refractivity contribution in [3.05, 3.63) is 33.7 Å². The lowest BCUT2D eigenvalue weighted by molar-refractivity contribution is 0.0764. The molecule has 0 saturated heterocycles. The van der Waals surface area contributed by atoms with Gasteiger partial charge in [-0.05, 0) is 55.6 Å². The van der Waals surface area contributed by atoms with E-state index >= 15 is 0 Å². The summed E-state index contributed by atoms with van der Waals surface area (Å²) >= 11 is 0. The van der Waals surface area contributed by atoms with E-state index in [1.165, 1.54) is 0 Å². The highest BCUT2D eigenvalue weighted by Gasteiger charge is 2.10. The molecule has 0 N–H and O–H groups in total. The topological polar surface area (TPSA) is 38.7 Å². The van der Waals surface area contributed by atoms with Crippen molar-refractivity contribution in [1.82, 2.24) is 0 Å². The number of benzene rings is 1. The predicted molar refractivity (Wildman–Crippen MR) is 61.4 cm³/mol. The average Bonchev–Trinajstić information content (AvgIpc) is 2.22. The second-order valence-electron chi connectivity index (χ2n) is 3.67. The Hall–Kier alpha value is -1.22. The zero-order valence-electron chi connectivity index (χ0n) is 9.70. The van der Waals surface area contributed by atoms with Crippen molar-refractivity contribution in [2.24, 2.45) is 5.18 Å². The first-order valence-electron chi connectivity index (χ1n) is 5.16. The predicted octanol–water partition coefficient (Wildman–Crippen LogP) is 3.80. The Bertz CT molecular complexity index is 361. The van der Waals surface area contributed by atoms with Gasteiger partial charge in [-0.1, -0.05) is 6.07 Å². The molecule has 0 fully saturated rings. The number of nitrogens with zero attached hydrogens (tertiary/aromatic N) is 1. The van der Waals surface area contributed by atoms with Crippen LogP contribution in [0.25, 0.3) is 0 Å². The molecule has 0 aliphatic rings. The monoisotopic (exact) mass is 207 g/mol. The number of nitroso groups, excluding NO2 is 1. The van der Waals surface area contributed by atoms with Gasteiger partial charge < -0.3 is 4.74 Å². The second-order valence-corrected chi connectivity index (χ2v) is 3.67. The first-order chi connectivity index (χ1) is 7.10. The number of rotatable bonds is 4. The quantitative estimate of drug-likeness (QED) is 0.704. The summed E-state index contributed by atoms with van der Waals surface area (Å²) in [6, 6.07) is 3.85. The minimum atomic E-state index is 0.00907. The summed E-state index contributed by atoms with van der Waals surface area (Å²) in [5.74, 6) is 0. The maximum Gasteiger partial charge on any atom is 0.111 e. The molecule has 0 aromatic heterocycles. The minimum absolute atomic E-state index is 0.00907. The third kappa shape index (κ3) is 2.63. The van der Waals surface area contributed by atoms with Gasteiger partial charge in [0.1, 0.15) is 5.69 Å². The standard InChI is InChI=1S/C12H17NO2/c1-5-15-10(4)11-6-8(2)9(3)12(7-11)13-14/h6-7,10H,5H2,1-4H3. The van der Waals surface area contributed by atoms with Gasteiger partial charge in [0.2, 0.25) is 0 Å². The highest BCUT2D eigenvalue weighted by Crippen LogP contribution is 2.28. The highest BCUT2D eigenvalue weighted by atomic mass is 16.5. The average molecular weight is 207 g/mol. The van der Waals surface area contributed by atoms with Gasteiger partial charge >= 0.3 is 0 Å². The lowest BCUT2D eigenvalue weighted by Gasteiger charge is -2.14. The fourth-order valence-electron chi connectivity index (χ4n) is 1.54. The van der Waals surface area contributed by atoms with Crippen LogP contribution in [-0.4, -0.2) is 6.61 Å². The molecular weight excluding hydrogens is 190 g/mol. The number of hydrogen-bond donors (Lipinski definition) is 0. The van der Waals surface area contributed by atoms with Gasteiger partial charge in [0.25, 0.3) is 0 Å². The molecule has 15 heavy (non-hydrogen) atoms. The molecule has 1 unspecified atom stereocenters. The molecule has 0 heterocycles. The van der Waals surface area contributed by atoms with Crippen molar-refractivity contribution in [3.63, 3.8) is 0 Å². The fraction of sp³-hybridized carbons (Fsp3) is 0.500. The van der Waals surface area contributed by atoms with Gasteiger partial charge in [-0.15, -0.1) is 4.91 Å². The van der Waals surface area contributed by atoms with E-state index in [-0.39, 0.29) is 6.10 Å². The molecule has 0 saturated carbocycles. The van der Waals surface area contributed by atoms with Crippen LogP contribution >= 0.6 is 0 Å². The first kappa shape index (κ1) is 11.9. The van der Waals surface area contributed by atoms with E-state index in [1.807, 2.05) is 33.8 Å². The summed E-state index contributed by atoms with van der Waals surface area (Å²) in [5, 5.41) is 3.03. The summed E-state index contributed by atoms with van der Waals surface area (Å²) < 4.78 is 5.48. The Morgan fingerprint density at radius 2 is 2.07 bits per heavy atom. The van der Waals surface area contributed by atoms with E-state index in [0.29, 0.717) is 12.3 Å². The third-order valence-electron chi connectivity index (χ3n) is 2.65. The maximum atomic E-state index is 10.6. The molecule has 1 aromatic carbocycles. The molecule has 0 amide bonds. The Balaban J connectivity index is 3.10. The molecule has 82 valence electrons. The van der Waals surface area contributed by atoms with Gasteiger partial charge in [0.05, 0.1) is 6.10 Å². The lowest BCUT2D eigenvalue weighted by atomic mass is 10.0. The molecule has 1 aromatic rings. The van der Waals surface area contributed by atoms with Gasteiger partial charge in [-0.3, -0.25) is 0 Å². The van der Waals surface area contributed by atoms with Crippen LogP contribution in [0, 0.1) is 18.8 Å². The third-order valence-corrected chi connectivity index (χ3v) is 2.65. The van der Waals surface area contributed by atoms with Crippen LogP contribution in [-0.2, 0) is 4.74 Å². The normalized spacial score (nSPS) is 12.5. The summed E-state index contributed by atoms with van der Waals surface area (Å²) in [6.45, 7) is 8.48. The van der Waals surface area contributed by atoms with Gasteiger partial charge in [0.15, 0.2) is 0 Å². The summed E-state index contributed by atoms with van der Waals surface area (Å²) in [5.41, 5.74) is 3.54. The van der Waals surface area contributed by atoms with E-state index in [2.05, 4.69) is 5.18 Å². The molecule has 1 atom stereocenters. The van der Waals surface area contributed by atoms with Crippen LogP contribution in [0.1, 0.15) is 36.6 Å². The Morgan fingerprint density at radius 1 is 1.40 bits per heavy atom. The Labute approximate surface area is 90.4 Å². The van der Waals surface area contributed by atoms with E-state index in [1.54, 1.807) is 6.07 Å². The Morgan fingerprint density at radius 3 is 2.60 bits per heavy atom. The lowest BCUT2D eigenvalue weighted by Crippen LogP contribution is -2.00. The van der Waals surface area contributed by atoms with E-state index in [0.717, 1.165) is 16.7 Å². The summed E-state index contributed by atoms with van der Waals surface area (Å²) in [7, 11) is 0. The fourth-order valence-corrected chi connectivity index (χ4v) is 1.54. The van der Waals surface area contributed by atoms with Crippen LogP contribution in [0.15, 0.2) is 17.3 Å². The van der Waals surface area contributed by atoms with Crippen molar-refractivity contribution in [3.8, 4) is 0 Å². The summed E-state index contributed by atoms with van der Waals surface area (Å²) in [4.78, 5) is 10.6. The van der Waals surface area contributed by atoms with Gasteiger partial charge in [0, 0.05) is 6.61 Å². The number of aryl methyl sites for hydroxylation is 1. The van der Waals surface area contributed by atoms with Crippen LogP contribution in [0.2, 0.25) is 0 Å². The SMILES string of the molecule is CCOC(C)c1cc(C)c(C)c(N=O)c1. The zero-order chi connectivity index (χ0) is 11.4. The molecule has 0 radical (unpaired) electrons. The zero-order valence-corrected chi connectivity index (χ0v) is 9.70. The minimum Gasteiger partial charge on any atom is -0.374 e. The molecule has 0 aliphatic carbocycles. The van der Waals surface area contributed by atoms with E-state index in [4.69, 9.17) is 4.74 Å². The van der Waals surface area contributed by atoms with Crippen LogP contribution in [0.5, 0.6) is 0 Å². The van der Waals surface area contributed by atoms with Crippen molar-refractivity contribution < 1.29 is 4.74 Å². The molecule has 3 nitrogen and oxygen atoms in total. The molecule has 0 spiro atoms. The van der Waals surface area contributed by atoms with Crippen molar-refractivity contribution in [2.45, 2.75) is 33.8 Å². The largest absolute Gasteiger partial charge is 0.374 e. The first-order valence-corrected chi connectivity index (χ1v) is 5.16. The van der Waals surface area contributed by atoms with Crippen molar-refractivity contribution in [2.75, 3.05) is 6.61 Å². The molecule has 0 bridgehead atoms. The van der Waals surface area contributed by atoms with Crippen LogP contribution in [0.4, 0.5) is 5.69 Å². The molecule has 3 heteroatoms. The van der Waals surface area contributed by atoms with E-state index in [9.17, 15) is 4.91 Å². The Kier molecular flexibility index (Phi) is 3.97. The van der Waals surface area contributed by atoms with Gasteiger partial charge in [-0.2, -0.15) is 0 Å². The number of hydrogen-bond acceptors (Lipinski definition) is 3. The van der Waals surface area contributed by atoms with E-state index < -0.39 is 0 Å². The van der Waals surface area contributed by atoms with Crippen LogP contribution < -0.4 is 0 Å². The highest BCUT2D eigenvalue weighted by molar-refractivity contribution is 5.52. The molecule has 0 aliphatic heterocycles. The van der Waals surface area contributed by atoms with Crippen LogP contribution in [0.3, 0.4) is 0 Å². The maximum absolute atomic E-state index is 10.6. The van der Waals surface area contributed by atoms with Crippen molar-refractivity contribution >= 4 is 5.69 Å². The number of ether oxygens (including phenoxy) is 1. The molecule has 1 rings (SSSR count).